The molecule has 1 aliphatic rings. The molecule has 0 unspecified atom stereocenters. The molecule has 0 radical (unpaired) electrons. The van der Waals surface area contributed by atoms with Crippen molar-refractivity contribution in [1.82, 2.24) is 4.98 Å². The molecule has 1 aromatic carbocycles. The molecule has 23 heavy (non-hydrogen) atoms. The summed E-state index contributed by atoms with van der Waals surface area (Å²) in [6.07, 6.45) is 3.61. The molecule has 2 aromatic rings. The number of pyridine rings is 1. The van der Waals surface area contributed by atoms with Gasteiger partial charge in [0, 0.05) is 36.9 Å². The Kier molecular flexibility index (Phi) is 4.30. The minimum atomic E-state index is -0.496. The van der Waals surface area contributed by atoms with Gasteiger partial charge in [0.1, 0.15) is 5.69 Å². The van der Waals surface area contributed by atoms with Crippen LogP contribution in [0.5, 0.6) is 0 Å². The van der Waals surface area contributed by atoms with E-state index in [2.05, 4.69) is 34.1 Å². The molecular formula is C18H22N4O. The van der Waals surface area contributed by atoms with Crippen molar-refractivity contribution in [3.05, 3.63) is 59.9 Å². The van der Waals surface area contributed by atoms with Gasteiger partial charge in [-0.2, -0.15) is 0 Å². The summed E-state index contributed by atoms with van der Waals surface area (Å²) in [7, 11) is 0. The first-order valence-electron chi connectivity index (χ1n) is 7.91. The molecule has 0 bridgehead atoms. The Morgan fingerprint density at radius 3 is 2.48 bits per heavy atom. The zero-order valence-electron chi connectivity index (χ0n) is 13.1. The average molecular weight is 310 g/mol. The summed E-state index contributed by atoms with van der Waals surface area (Å²) in [4.78, 5) is 17.6. The number of benzene rings is 1. The first-order chi connectivity index (χ1) is 11.1. The van der Waals surface area contributed by atoms with E-state index in [-0.39, 0.29) is 5.41 Å². The zero-order valence-corrected chi connectivity index (χ0v) is 13.1. The molecule has 4 N–H and O–H groups in total. The van der Waals surface area contributed by atoms with E-state index in [9.17, 15) is 4.79 Å². The molecule has 3 rings (SSSR count). The lowest BCUT2D eigenvalue weighted by atomic mass is 9.73. The molecule has 2 heterocycles. The summed E-state index contributed by atoms with van der Waals surface area (Å²) < 4.78 is 0. The quantitative estimate of drug-likeness (QED) is 0.899. The molecule has 0 spiro atoms. The Morgan fingerprint density at radius 2 is 1.87 bits per heavy atom. The van der Waals surface area contributed by atoms with Crippen LogP contribution in [0.2, 0.25) is 0 Å². The first-order valence-corrected chi connectivity index (χ1v) is 7.91. The monoisotopic (exact) mass is 310 g/mol. The van der Waals surface area contributed by atoms with Gasteiger partial charge in [-0.05, 0) is 30.5 Å². The maximum absolute atomic E-state index is 11.3. The van der Waals surface area contributed by atoms with Crippen LogP contribution in [0.15, 0.2) is 48.7 Å². The number of primary amides is 1. The van der Waals surface area contributed by atoms with Gasteiger partial charge >= 0.3 is 0 Å². The third-order valence-corrected chi connectivity index (χ3v) is 4.86. The van der Waals surface area contributed by atoms with Gasteiger partial charge in [-0.25, -0.2) is 0 Å². The highest BCUT2D eigenvalue weighted by Crippen LogP contribution is 2.36. The van der Waals surface area contributed by atoms with E-state index in [1.807, 2.05) is 12.1 Å². The second kappa shape index (κ2) is 6.38. The van der Waals surface area contributed by atoms with Gasteiger partial charge in [-0.15, -0.1) is 0 Å². The summed E-state index contributed by atoms with van der Waals surface area (Å²) in [5.74, 6) is -0.496. The molecule has 0 aliphatic carbocycles. The Morgan fingerprint density at radius 1 is 1.17 bits per heavy atom. The van der Waals surface area contributed by atoms with Gasteiger partial charge in [0.25, 0.3) is 5.91 Å². The van der Waals surface area contributed by atoms with Crippen molar-refractivity contribution in [1.29, 1.82) is 0 Å². The molecule has 120 valence electrons. The van der Waals surface area contributed by atoms with Crippen molar-refractivity contribution >= 4 is 11.6 Å². The van der Waals surface area contributed by atoms with E-state index in [1.165, 1.54) is 5.56 Å². The minimum Gasteiger partial charge on any atom is -0.371 e. The van der Waals surface area contributed by atoms with Crippen LogP contribution < -0.4 is 16.4 Å². The van der Waals surface area contributed by atoms with Crippen molar-refractivity contribution < 1.29 is 4.79 Å². The van der Waals surface area contributed by atoms with Gasteiger partial charge in [-0.3, -0.25) is 9.78 Å². The molecule has 1 aliphatic heterocycles. The molecule has 5 nitrogen and oxygen atoms in total. The van der Waals surface area contributed by atoms with Crippen molar-refractivity contribution in [2.24, 2.45) is 11.5 Å². The maximum Gasteiger partial charge on any atom is 0.267 e. The third-order valence-electron chi connectivity index (χ3n) is 4.86. The van der Waals surface area contributed by atoms with Crippen LogP contribution >= 0.6 is 0 Å². The summed E-state index contributed by atoms with van der Waals surface area (Å²) in [6.45, 7) is 2.44. The highest BCUT2D eigenvalue weighted by molar-refractivity contribution is 5.91. The molecule has 1 aromatic heterocycles. The van der Waals surface area contributed by atoms with Gasteiger partial charge in [0.15, 0.2) is 0 Å². The SMILES string of the molecule is NCC1(c2ccccc2)CCN(c2ccnc(C(N)=O)c2)CC1. The summed E-state index contributed by atoms with van der Waals surface area (Å²) in [5, 5.41) is 0. The minimum absolute atomic E-state index is 0.0390. The number of carbonyl (C=O) groups is 1. The summed E-state index contributed by atoms with van der Waals surface area (Å²) in [5.41, 5.74) is 14.1. The first kappa shape index (κ1) is 15.5. The largest absolute Gasteiger partial charge is 0.371 e. The molecule has 1 fully saturated rings. The average Bonchev–Trinajstić information content (AvgIpc) is 2.62. The van der Waals surface area contributed by atoms with Crippen molar-refractivity contribution in [3.63, 3.8) is 0 Å². The second-order valence-corrected chi connectivity index (χ2v) is 6.10. The fourth-order valence-electron chi connectivity index (χ4n) is 3.35. The maximum atomic E-state index is 11.3. The van der Waals surface area contributed by atoms with E-state index in [1.54, 1.807) is 12.3 Å². The van der Waals surface area contributed by atoms with Crippen LogP contribution in [0.3, 0.4) is 0 Å². The van der Waals surface area contributed by atoms with Gasteiger partial charge in [0.2, 0.25) is 0 Å². The Hall–Kier alpha value is -2.40. The Labute approximate surface area is 136 Å². The molecule has 5 heteroatoms. The van der Waals surface area contributed by atoms with Crippen molar-refractivity contribution in [2.75, 3.05) is 24.5 Å². The number of anilines is 1. The summed E-state index contributed by atoms with van der Waals surface area (Å²) in [6, 6.07) is 14.2. The number of rotatable bonds is 4. The fourth-order valence-corrected chi connectivity index (χ4v) is 3.35. The Bertz CT molecular complexity index is 678. The zero-order chi connectivity index (χ0) is 16.3. The second-order valence-electron chi connectivity index (χ2n) is 6.10. The number of carbonyl (C=O) groups excluding carboxylic acids is 1. The molecule has 0 saturated carbocycles. The number of nitrogens with two attached hydrogens (primary N) is 2. The summed E-state index contributed by atoms with van der Waals surface area (Å²) >= 11 is 0. The smallest absolute Gasteiger partial charge is 0.267 e. The van der Waals surface area contributed by atoms with Gasteiger partial charge in [-0.1, -0.05) is 30.3 Å². The number of hydrogen-bond donors (Lipinski definition) is 2. The van der Waals surface area contributed by atoms with Crippen LogP contribution in [0, 0.1) is 0 Å². The van der Waals surface area contributed by atoms with E-state index in [0.717, 1.165) is 31.6 Å². The van der Waals surface area contributed by atoms with Gasteiger partial charge in [0.05, 0.1) is 0 Å². The normalized spacial score (nSPS) is 17.0. The van der Waals surface area contributed by atoms with Gasteiger partial charge < -0.3 is 16.4 Å². The van der Waals surface area contributed by atoms with E-state index in [0.29, 0.717) is 12.2 Å². The van der Waals surface area contributed by atoms with Crippen LogP contribution in [-0.4, -0.2) is 30.5 Å². The van der Waals surface area contributed by atoms with E-state index >= 15 is 0 Å². The standard InChI is InChI=1S/C18H22N4O/c19-13-18(14-4-2-1-3-5-14)7-10-22(11-8-18)15-6-9-21-16(12-15)17(20)23/h1-6,9,12H,7-8,10-11,13,19H2,(H2,20,23). The molecular weight excluding hydrogens is 288 g/mol. The van der Waals surface area contributed by atoms with Crippen LogP contribution in [-0.2, 0) is 5.41 Å². The Balaban J connectivity index is 1.77. The van der Waals surface area contributed by atoms with Crippen LogP contribution in [0.1, 0.15) is 28.9 Å². The lowest BCUT2D eigenvalue weighted by Crippen LogP contribution is -2.46. The predicted octanol–water partition coefficient (Wildman–Crippen LogP) is 1.68. The molecule has 1 amide bonds. The molecule has 1 saturated heterocycles. The number of piperidine rings is 1. The van der Waals surface area contributed by atoms with E-state index in [4.69, 9.17) is 11.5 Å². The van der Waals surface area contributed by atoms with Crippen molar-refractivity contribution in [3.8, 4) is 0 Å². The van der Waals surface area contributed by atoms with Crippen LogP contribution in [0.25, 0.3) is 0 Å². The number of hydrogen-bond acceptors (Lipinski definition) is 4. The predicted molar refractivity (Wildman–Crippen MR) is 91.4 cm³/mol. The number of nitrogens with zero attached hydrogens (tertiary/aromatic N) is 2. The number of aromatic nitrogens is 1. The lowest BCUT2D eigenvalue weighted by molar-refractivity contribution is 0.0995. The lowest BCUT2D eigenvalue weighted by Gasteiger charge is -2.42. The highest BCUT2D eigenvalue weighted by atomic mass is 16.1. The van der Waals surface area contributed by atoms with Crippen LogP contribution in [0.4, 0.5) is 5.69 Å². The van der Waals surface area contributed by atoms with Crippen molar-refractivity contribution in [2.45, 2.75) is 18.3 Å². The van der Waals surface area contributed by atoms with E-state index < -0.39 is 5.91 Å². The molecule has 0 atom stereocenters. The topological polar surface area (TPSA) is 85.2 Å². The number of amides is 1. The third kappa shape index (κ3) is 3.05. The fraction of sp³-hybridized carbons (Fsp3) is 0.333. The highest BCUT2D eigenvalue weighted by Gasteiger charge is 2.35.